The zero-order valence-electron chi connectivity index (χ0n) is 10.1. The summed E-state index contributed by atoms with van der Waals surface area (Å²) in [6.45, 7) is 0. The molecule has 100 valence electrons. The summed E-state index contributed by atoms with van der Waals surface area (Å²) in [5, 5.41) is 0.749. The summed E-state index contributed by atoms with van der Waals surface area (Å²) >= 11 is 3.36. The Bertz CT molecular complexity index is 792. The van der Waals surface area contributed by atoms with Crippen molar-refractivity contribution in [1.82, 2.24) is 4.98 Å². The monoisotopic (exact) mass is 335 g/mol. The standard InChI is InChI=1S/C15H8BrF2NO/c16-9-1-3-11-13(7-9)19-6-5-14(11)20-15-4-2-10(17)8-12(15)18/h1-8H. The fourth-order valence-corrected chi connectivity index (χ4v) is 2.21. The number of halogens is 3. The molecule has 0 aliphatic carbocycles. The summed E-state index contributed by atoms with van der Waals surface area (Å²) in [7, 11) is 0. The number of hydrogen-bond donors (Lipinski definition) is 0. The molecule has 2 nitrogen and oxygen atoms in total. The fraction of sp³-hybridized carbons (Fsp3) is 0. The predicted molar refractivity (Wildman–Crippen MR) is 75.9 cm³/mol. The minimum Gasteiger partial charge on any atom is -0.454 e. The van der Waals surface area contributed by atoms with Gasteiger partial charge in [0, 0.05) is 22.1 Å². The maximum atomic E-state index is 13.6. The Morgan fingerprint density at radius 2 is 1.80 bits per heavy atom. The smallest absolute Gasteiger partial charge is 0.168 e. The van der Waals surface area contributed by atoms with Gasteiger partial charge in [0.2, 0.25) is 0 Å². The first-order valence-electron chi connectivity index (χ1n) is 5.81. The van der Waals surface area contributed by atoms with E-state index in [2.05, 4.69) is 20.9 Å². The molecule has 0 spiro atoms. The summed E-state index contributed by atoms with van der Waals surface area (Å²) in [6, 6.07) is 10.3. The van der Waals surface area contributed by atoms with E-state index >= 15 is 0 Å². The lowest BCUT2D eigenvalue weighted by molar-refractivity contribution is 0.441. The molecular formula is C15H8BrF2NO. The van der Waals surface area contributed by atoms with Gasteiger partial charge in [0.1, 0.15) is 11.6 Å². The number of fused-ring (bicyclic) bond motifs is 1. The van der Waals surface area contributed by atoms with Crippen LogP contribution >= 0.6 is 15.9 Å². The Balaban J connectivity index is 2.06. The molecule has 0 amide bonds. The largest absolute Gasteiger partial charge is 0.454 e. The Kier molecular flexibility index (Phi) is 3.36. The van der Waals surface area contributed by atoms with E-state index in [0.29, 0.717) is 5.75 Å². The summed E-state index contributed by atoms with van der Waals surface area (Å²) in [5.74, 6) is -0.944. The highest BCUT2D eigenvalue weighted by Gasteiger charge is 2.09. The van der Waals surface area contributed by atoms with Crippen LogP contribution in [0.15, 0.2) is 53.1 Å². The maximum Gasteiger partial charge on any atom is 0.168 e. The van der Waals surface area contributed by atoms with E-state index in [9.17, 15) is 8.78 Å². The first-order valence-corrected chi connectivity index (χ1v) is 6.60. The number of ether oxygens (including phenoxy) is 1. The number of rotatable bonds is 2. The number of benzene rings is 2. The zero-order chi connectivity index (χ0) is 14.1. The van der Waals surface area contributed by atoms with E-state index in [4.69, 9.17) is 4.74 Å². The number of pyridine rings is 1. The number of nitrogens with zero attached hydrogens (tertiary/aromatic N) is 1. The third-order valence-electron chi connectivity index (χ3n) is 2.78. The van der Waals surface area contributed by atoms with Crippen LogP contribution in [0.1, 0.15) is 0 Å². The fourth-order valence-electron chi connectivity index (χ4n) is 1.86. The normalized spacial score (nSPS) is 10.8. The Morgan fingerprint density at radius 3 is 2.60 bits per heavy atom. The summed E-state index contributed by atoms with van der Waals surface area (Å²) < 4.78 is 32.9. The van der Waals surface area contributed by atoms with Gasteiger partial charge in [-0.15, -0.1) is 0 Å². The second kappa shape index (κ2) is 5.17. The van der Waals surface area contributed by atoms with Gasteiger partial charge in [0.05, 0.1) is 5.52 Å². The van der Waals surface area contributed by atoms with Gasteiger partial charge in [0.25, 0.3) is 0 Å². The molecule has 0 aliphatic heterocycles. The zero-order valence-corrected chi connectivity index (χ0v) is 11.7. The minimum atomic E-state index is -0.743. The molecule has 5 heteroatoms. The first kappa shape index (κ1) is 13.0. The molecule has 3 rings (SSSR count). The highest BCUT2D eigenvalue weighted by atomic mass is 79.9. The molecule has 0 saturated heterocycles. The van der Waals surface area contributed by atoms with Crippen LogP contribution < -0.4 is 4.74 Å². The molecule has 0 unspecified atom stereocenters. The van der Waals surface area contributed by atoms with Crippen LogP contribution in [0.25, 0.3) is 10.9 Å². The molecule has 0 saturated carbocycles. The summed E-state index contributed by atoms with van der Waals surface area (Å²) in [6.07, 6.45) is 1.57. The predicted octanol–water partition coefficient (Wildman–Crippen LogP) is 5.07. The lowest BCUT2D eigenvalue weighted by Crippen LogP contribution is -1.91. The Hall–Kier alpha value is -2.01. The van der Waals surface area contributed by atoms with Gasteiger partial charge >= 0.3 is 0 Å². The molecule has 0 aliphatic rings. The van der Waals surface area contributed by atoms with Crippen molar-refractivity contribution in [3.8, 4) is 11.5 Å². The second-order valence-corrected chi connectivity index (χ2v) is 5.06. The van der Waals surface area contributed by atoms with E-state index in [1.165, 1.54) is 6.07 Å². The molecule has 3 aromatic rings. The van der Waals surface area contributed by atoms with Crippen molar-refractivity contribution < 1.29 is 13.5 Å². The summed E-state index contributed by atoms with van der Waals surface area (Å²) in [5.41, 5.74) is 0.722. The van der Waals surface area contributed by atoms with Gasteiger partial charge in [0.15, 0.2) is 11.6 Å². The van der Waals surface area contributed by atoms with E-state index in [-0.39, 0.29) is 5.75 Å². The Morgan fingerprint density at radius 1 is 0.950 bits per heavy atom. The van der Waals surface area contributed by atoms with Crippen molar-refractivity contribution in [3.63, 3.8) is 0 Å². The van der Waals surface area contributed by atoms with Crippen LogP contribution in [0.4, 0.5) is 8.78 Å². The third kappa shape index (κ3) is 2.49. The van der Waals surface area contributed by atoms with Crippen LogP contribution in [0.3, 0.4) is 0 Å². The lowest BCUT2D eigenvalue weighted by atomic mass is 10.2. The van der Waals surface area contributed by atoms with Gasteiger partial charge in [-0.05, 0) is 36.4 Å². The highest BCUT2D eigenvalue weighted by Crippen LogP contribution is 2.31. The van der Waals surface area contributed by atoms with Gasteiger partial charge in [-0.1, -0.05) is 15.9 Å². The first-order chi connectivity index (χ1) is 9.63. The van der Waals surface area contributed by atoms with Crippen LogP contribution in [-0.4, -0.2) is 4.98 Å². The van der Waals surface area contributed by atoms with Crippen molar-refractivity contribution in [2.75, 3.05) is 0 Å². The maximum absolute atomic E-state index is 13.6. The van der Waals surface area contributed by atoms with Crippen molar-refractivity contribution in [1.29, 1.82) is 0 Å². The molecule has 0 fully saturated rings. The third-order valence-corrected chi connectivity index (χ3v) is 3.27. The molecule has 0 N–H and O–H groups in total. The van der Waals surface area contributed by atoms with Crippen LogP contribution in [0.5, 0.6) is 11.5 Å². The average Bonchev–Trinajstić information content (AvgIpc) is 2.41. The molecule has 1 heterocycles. The van der Waals surface area contributed by atoms with Gasteiger partial charge in [-0.25, -0.2) is 8.78 Å². The van der Waals surface area contributed by atoms with Crippen molar-refractivity contribution in [2.45, 2.75) is 0 Å². The molecule has 0 bridgehead atoms. The molecule has 2 aromatic carbocycles. The Labute approximate surface area is 122 Å². The number of aromatic nitrogens is 1. The molecular weight excluding hydrogens is 328 g/mol. The van der Waals surface area contributed by atoms with Gasteiger partial charge in [-0.3, -0.25) is 4.98 Å². The minimum absolute atomic E-state index is 0.0261. The number of hydrogen-bond acceptors (Lipinski definition) is 2. The quantitative estimate of drug-likeness (QED) is 0.652. The van der Waals surface area contributed by atoms with E-state index in [1.54, 1.807) is 12.3 Å². The lowest BCUT2D eigenvalue weighted by Gasteiger charge is -2.09. The average molecular weight is 336 g/mol. The van der Waals surface area contributed by atoms with Crippen LogP contribution in [-0.2, 0) is 0 Å². The van der Waals surface area contributed by atoms with Crippen molar-refractivity contribution >= 4 is 26.8 Å². The van der Waals surface area contributed by atoms with E-state index < -0.39 is 11.6 Å². The molecule has 0 radical (unpaired) electrons. The van der Waals surface area contributed by atoms with Crippen molar-refractivity contribution in [2.24, 2.45) is 0 Å². The molecule has 0 atom stereocenters. The second-order valence-electron chi connectivity index (χ2n) is 4.15. The SMILES string of the molecule is Fc1ccc(Oc2ccnc3cc(Br)ccc23)c(F)c1. The highest BCUT2D eigenvalue weighted by molar-refractivity contribution is 9.10. The van der Waals surface area contributed by atoms with Crippen LogP contribution in [0.2, 0.25) is 0 Å². The van der Waals surface area contributed by atoms with Crippen molar-refractivity contribution in [3.05, 3.63) is 64.8 Å². The van der Waals surface area contributed by atoms with E-state index in [1.807, 2.05) is 18.2 Å². The summed E-state index contributed by atoms with van der Waals surface area (Å²) in [4.78, 5) is 4.22. The van der Waals surface area contributed by atoms with Gasteiger partial charge in [-0.2, -0.15) is 0 Å². The molecule has 1 aromatic heterocycles. The van der Waals surface area contributed by atoms with Gasteiger partial charge < -0.3 is 4.74 Å². The topological polar surface area (TPSA) is 22.1 Å². The molecule has 20 heavy (non-hydrogen) atoms. The van der Waals surface area contributed by atoms with Crippen LogP contribution in [0, 0.1) is 11.6 Å². The van der Waals surface area contributed by atoms with E-state index in [0.717, 1.165) is 27.5 Å².